The maximum atomic E-state index is 13.1. The molecule has 1 unspecified atom stereocenters. The summed E-state index contributed by atoms with van der Waals surface area (Å²) in [6, 6.07) is 6.29. The number of nitrogens with two attached hydrogens (primary N) is 1. The van der Waals surface area contributed by atoms with Gasteiger partial charge in [0.15, 0.2) is 0 Å². The number of halogens is 4. The predicted molar refractivity (Wildman–Crippen MR) is 109 cm³/mol. The van der Waals surface area contributed by atoms with E-state index in [4.69, 9.17) is 10.6 Å². The van der Waals surface area contributed by atoms with Gasteiger partial charge in [0.1, 0.15) is 21.2 Å². The number of primary amides is 1. The highest BCUT2D eigenvalue weighted by Crippen LogP contribution is 2.40. The molecule has 12 heteroatoms. The van der Waals surface area contributed by atoms with Crippen LogP contribution in [-0.2, 0) is 15.8 Å². The standard InChI is InChI=1S/C20H14F4N4O3S/c1-8-6-13(20(22,23)24)26-19-14(8)15(16(32-19)17(25)29)27-18(30)12-7-11(28-31-12)9-2-4-10(21)5-3-9/h2-6,12H,7H2,1H3,(H2,25,29)(H,27,30). The van der Waals surface area contributed by atoms with Gasteiger partial charge >= 0.3 is 6.18 Å². The number of carbonyl (C=O) groups excluding carboxylic acids is 2. The lowest BCUT2D eigenvalue weighted by Crippen LogP contribution is -2.29. The summed E-state index contributed by atoms with van der Waals surface area (Å²) in [4.78, 5) is 33.2. The van der Waals surface area contributed by atoms with Gasteiger partial charge < -0.3 is 15.9 Å². The monoisotopic (exact) mass is 466 g/mol. The first-order chi connectivity index (χ1) is 15.0. The SMILES string of the molecule is Cc1cc(C(F)(F)F)nc2sc(C(N)=O)c(NC(=O)C3CC(c4ccc(F)cc4)=NO3)c12. The summed E-state index contributed by atoms with van der Waals surface area (Å²) >= 11 is 0.654. The Morgan fingerprint density at radius 3 is 2.56 bits per heavy atom. The summed E-state index contributed by atoms with van der Waals surface area (Å²) in [6.07, 6.45) is -5.67. The lowest BCUT2D eigenvalue weighted by molar-refractivity contribution is -0.141. The van der Waals surface area contributed by atoms with E-state index in [9.17, 15) is 27.2 Å². The van der Waals surface area contributed by atoms with Crippen LogP contribution >= 0.6 is 11.3 Å². The second kappa shape index (κ2) is 7.86. The maximum Gasteiger partial charge on any atom is 0.433 e. The smallest absolute Gasteiger partial charge is 0.382 e. The number of hydrogen-bond donors (Lipinski definition) is 2. The first-order valence-corrected chi connectivity index (χ1v) is 9.97. The molecule has 3 aromatic rings. The van der Waals surface area contributed by atoms with Gasteiger partial charge in [0, 0.05) is 11.8 Å². The van der Waals surface area contributed by atoms with E-state index in [1.807, 2.05) is 0 Å². The molecule has 0 saturated heterocycles. The minimum atomic E-state index is -4.68. The van der Waals surface area contributed by atoms with Gasteiger partial charge in [-0.25, -0.2) is 9.37 Å². The Kier molecular flexibility index (Phi) is 5.33. The number of amides is 2. The lowest BCUT2D eigenvalue weighted by Gasteiger charge is -2.12. The topological polar surface area (TPSA) is 107 Å². The maximum absolute atomic E-state index is 13.1. The van der Waals surface area contributed by atoms with Crippen molar-refractivity contribution < 1.29 is 32.0 Å². The summed E-state index contributed by atoms with van der Waals surface area (Å²) in [6.45, 7) is 1.41. The van der Waals surface area contributed by atoms with Gasteiger partial charge in [-0.05, 0) is 36.2 Å². The molecular formula is C20H14F4N4O3S. The Hall–Kier alpha value is -3.54. The lowest BCUT2D eigenvalue weighted by atomic mass is 10.0. The number of carbonyl (C=O) groups is 2. The van der Waals surface area contributed by atoms with Crippen LogP contribution in [0.4, 0.5) is 23.2 Å². The molecule has 7 nitrogen and oxygen atoms in total. The molecule has 2 amide bonds. The fraction of sp³-hybridized carbons (Fsp3) is 0.200. The number of thiophene rings is 1. The third-order valence-electron chi connectivity index (χ3n) is 4.76. The molecule has 32 heavy (non-hydrogen) atoms. The van der Waals surface area contributed by atoms with Gasteiger partial charge in [0.25, 0.3) is 11.8 Å². The summed E-state index contributed by atoms with van der Waals surface area (Å²) in [5.74, 6) is -2.03. The van der Waals surface area contributed by atoms with Gasteiger partial charge in [-0.15, -0.1) is 11.3 Å². The van der Waals surface area contributed by atoms with Crippen molar-refractivity contribution in [3.8, 4) is 0 Å². The van der Waals surface area contributed by atoms with Crippen LogP contribution in [0, 0.1) is 12.7 Å². The van der Waals surface area contributed by atoms with Crippen molar-refractivity contribution >= 4 is 44.8 Å². The quantitative estimate of drug-likeness (QED) is 0.567. The van der Waals surface area contributed by atoms with Crippen molar-refractivity contribution in [1.29, 1.82) is 0 Å². The van der Waals surface area contributed by atoms with Gasteiger partial charge in [-0.2, -0.15) is 13.2 Å². The number of pyridine rings is 1. The first-order valence-electron chi connectivity index (χ1n) is 9.15. The third-order valence-corrected chi connectivity index (χ3v) is 5.86. The molecule has 0 fully saturated rings. The van der Waals surface area contributed by atoms with Crippen LogP contribution in [-0.4, -0.2) is 28.6 Å². The van der Waals surface area contributed by atoms with E-state index in [0.717, 1.165) is 6.07 Å². The Morgan fingerprint density at radius 1 is 1.25 bits per heavy atom. The number of nitrogens with one attached hydrogen (secondary N) is 1. The highest BCUT2D eigenvalue weighted by atomic mass is 32.1. The van der Waals surface area contributed by atoms with Crippen molar-refractivity contribution in [2.75, 3.05) is 5.32 Å². The van der Waals surface area contributed by atoms with Crippen molar-refractivity contribution in [2.24, 2.45) is 10.9 Å². The Balaban J connectivity index is 1.62. The highest BCUT2D eigenvalue weighted by Gasteiger charge is 2.35. The average Bonchev–Trinajstić information content (AvgIpc) is 3.33. The van der Waals surface area contributed by atoms with E-state index < -0.39 is 35.6 Å². The zero-order valence-electron chi connectivity index (χ0n) is 16.3. The Bertz CT molecular complexity index is 1270. The van der Waals surface area contributed by atoms with Crippen LogP contribution in [0.3, 0.4) is 0 Å². The molecule has 1 aliphatic rings. The van der Waals surface area contributed by atoms with E-state index in [-0.39, 0.29) is 32.8 Å². The molecular weight excluding hydrogens is 452 g/mol. The van der Waals surface area contributed by atoms with Crippen LogP contribution in [0.15, 0.2) is 35.5 Å². The number of alkyl halides is 3. The number of benzene rings is 1. The van der Waals surface area contributed by atoms with Crippen LogP contribution in [0.5, 0.6) is 0 Å². The van der Waals surface area contributed by atoms with Gasteiger partial charge in [0.05, 0.1) is 11.4 Å². The zero-order chi connectivity index (χ0) is 23.2. The molecule has 0 radical (unpaired) electrons. The number of aromatic nitrogens is 1. The van der Waals surface area contributed by atoms with E-state index in [1.54, 1.807) is 0 Å². The largest absolute Gasteiger partial charge is 0.433 e. The van der Waals surface area contributed by atoms with Gasteiger partial charge in [-0.1, -0.05) is 17.3 Å². The van der Waals surface area contributed by atoms with Crippen molar-refractivity contribution in [3.05, 3.63) is 57.8 Å². The predicted octanol–water partition coefficient (Wildman–Crippen LogP) is 3.99. The zero-order valence-corrected chi connectivity index (χ0v) is 17.1. The number of oxime groups is 1. The van der Waals surface area contributed by atoms with Gasteiger partial charge in [0.2, 0.25) is 6.10 Å². The molecule has 0 saturated carbocycles. The normalized spacial score (nSPS) is 16.0. The molecule has 3 heterocycles. The number of rotatable bonds is 4. The fourth-order valence-electron chi connectivity index (χ4n) is 3.26. The van der Waals surface area contributed by atoms with Crippen molar-refractivity contribution in [3.63, 3.8) is 0 Å². The van der Waals surface area contributed by atoms with Crippen LogP contribution < -0.4 is 11.1 Å². The van der Waals surface area contributed by atoms with E-state index in [2.05, 4.69) is 15.5 Å². The average molecular weight is 466 g/mol. The van der Waals surface area contributed by atoms with Crippen LogP contribution in [0.1, 0.15) is 32.9 Å². The molecule has 166 valence electrons. The summed E-state index contributed by atoms with van der Waals surface area (Å²) < 4.78 is 52.4. The molecule has 0 bridgehead atoms. The summed E-state index contributed by atoms with van der Waals surface area (Å²) in [5.41, 5.74) is 5.39. The van der Waals surface area contributed by atoms with E-state index >= 15 is 0 Å². The number of nitrogens with zero attached hydrogens (tertiary/aromatic N) is 2. The summed E-state index contributed by atoms with van der Waals surface area (Å²) in [5, 5.41) is 6.56. The second-order valence-electron chi connectivity index (χ2n) is 7.01. The van der Waals surface area contributed by atoms with Crippen molar-refractivity contribution in [2.45, 2.75) is 25.6 Å². The number of hydrogen-bond acceptors (Lipinski definition) is 6. The third kappa shape index (κ3) is 4.00. The molecule has 1 aliphatic heterocycles. The molecule has 0 spiro atoms. The molecule has 1 atom stereocenters. The fourth-order valence-corrected chi connectivity index (χ4v) is 4.31. The molecule has 3 N–H and O–H groups in total. The molecule has 0 aliphatic carbocycles. The second-order valence-corrected chi connectivity index (χ2v) is 8.00. The van der Waals surface area contributed by atoms with Crippen LogP contribution in [0.2, 0.25) is 0 Å². The minimum absolute atomic E-state index is 0.0277. The minimum Gasteiger partial charge on any atom is -0.382 e. The van der Waals surface area contributed by atoms with Gasteiger partial charge in [-0.3, -0.25) is 9.59 Å². The number of anilines is 1. The van der Waals surface area contributed by atoms with Crippen molar-refractivity contribution in [1.82, 2.24) is 4.98 Å². The van der Waals surface area contributed by atoms with Crippen LogP contribution in [0.25, 0.3) is 10.2 Å². The molecule has 4 rings (SSSR count). The Morgan fingerprint density at radius 2 is 1.94 bits per heavy atom. The Labute approximate surface area is 181 Å². The number of aryl methyl sites for hydroxylation is 1. The number of fused-ring (bicyclic) bond motifs is 1. The first kappa shape index (κ1) is 21.7. The van der Waals surface area contributed by atoms with E-state index in [1.165, 1.54) is 31.2 Å². The highest BCUT2D eigenvalue weighted by molar-refractivity contribution is 7.21. The van der Waals surface area contributed by atoms with E-state index in [0.29, 0.717) is 22.6 Å². The molecule has 2 aromatic heterocycles. The summed E-state index contributed by atoms with van der Waals surface area (Å²) in [7, 11) is 0. The molecule has 1 aromatic carbocycles.